The van der Waals surface area contributed by atoms with Gasteiger partial charge in [0.2, 0.25) is 0 Å². The summed E-state index contributed by atoms with van der Waals surface area (Å²) in [5.74, 6) is 0.653. The lowest BCUT2D eigenvalue weighted by molar-refractivity contribution is -0.0167. The van der Waals surface area contributed by atoms with E-state index in [1.54, 1.807) is 0 Å². The van der Waals surface area contributed by atoms with E-state index in [9.17, 15) is 5.11 Å². The Morgan fingerprint density at radius 3 is 2.42 bits per heavy atom. The average Bonchev–Trinajstić information content (AvgIpc) is 2.26. The summed E-state index contributed by atoms with van der Waals surface area (Å²) in [6, 6.07) is 0.472. The summed E-state index contributed by atoms with van der Waals surface area (Å²) in [5.41, 5.74) is 0.304. The number of nitrogens with zero attached hydrogens (tertiary/aromatic N) is 1. The van der Waals surface area contributed by atoms with Gasteiger partial charge in [0.15, 0.2) is 0 Å². The molecule has 0 heterocycles. The number of aliphatic hydroxyl groups excluding tert-OH is 1. The van der Waals surface area contributed by atoms with E-state index in [0.717, 1.165) is 32.4 Å². The van der Waals surface area contributed by atoms with E-state index in [1.165, 1.54) is 0 Å². The lowest BCUT2D eigenvalue weighted by Gasteiger charge is -2.46. The van der Waals surface area contributed by atoms with Gasteiger partial charge in [-0.15, -0.1) is 0 Å². The summed E-state index contributed by atoms with van der Waals surface area (Å²) >= 11 is 0. The first-order valence-electron chi connectivity index (χ1n) is 7.71. The summed E-state index contributed by atoms with van der Waals surface area (Å²) in [7, 11) is 2.17. The number of ether oxygens (including phenoxy) is 1. The van der Waals surface area contributed by atoms with Crippen molar-refractivity contribution < 1.29 is 9.84 Å². The van der Waals surface area contributed by atoms with Gasteiger partial charge in [-0.05, 0) is 51.5 Å². The topological polar surface area (TPSA) is 32.7 Å². The molecule has 0 amide bonds. The second-order valence-corrected chi connectivity index (χ2v) is 7.41. The van der Waals surface area contributed by atoms with Crippen molar-refractivity contribution in [2.75, 3.05) is 20.2 Å². The average molecular weight is 271 g/mol. The number of aliphatic hydroxyl groups is 1. The van der Waals surface area contributed by atoms with Crippen LogP contribution in [0.2, 0.25) is 0 Å². The minimum Gasteiger partial charge on any atom is -0.393 e. The molecule has 1 saturated carbocycles. The van der Waals surface area contributed by atoms with Gasteiger partial charge in [0, 0.05) is 12.6 Å². The fourth-order valence-corrected chi connectivity index (χ4v) is 3.22. The molecule has 114 valence electrons. The smallest absolute Gasteiger partial charge is 0.0596 e. The molecule has 0 spiro atoms. The summed E-state index contributed by atoms with van der Waals surface area (Å²) in [6.07, 6.45) is 3.15. The van der Waals surface area contributed by atoms with E-state index in [2.05, 4.69) is 46.6 Å². The molecule has 1 rings (SSSR count). The minimum absolute atomic E-state index is 0.128. The van der Waals surface area contributed by atoms with Crippen molar-refractivity contribution in [3.05, 3.63) is 0 Å². The van der Waals surface area contributed by atoms with Crippen LogP contribution in [0.25, 0.3) is 0 Å². The van der Waals surface area contributed by atoms with Crippen LogP contribution in [-0.2, 0) is 4.74 Å². The van der Waals surface area contributed by atoms with Crippen LogP contribution in [0, 0.1) is 11.3 Å². The molecule has 1 N–H and O–H groups in total. The molecule has 1 aliphatic carbocycles. The molecular formula is C16H33NO2. The van der Waals surface area contributed by atoms with Crippen LogP contribution in [0.5, 0.6) is 0 Å². The Kier molecular flexibility index (Phi) is 6.28. The van der Waals surface area contributed by atoms with Crippen LogP contribution >= 0.6 is 0 Å². The van der Waals surface area contributed by atoms with Gasteiger partial charge in [-0.3, -0.25) is 0 Å². The van der Waals surface area contributed by atoms with Crippen LogP contribution in [-0.4, -0.2) is 48.5 Å². The van der Waals surface area contributed by atoms with Gasteiger partial charge in [0.1, 0.15) is 0 Å². The van der Waals surface area contributed by atoms with E-state index in [-0.39, 0.29) is 6.10 Å². The molecule has 0 aliphatic heterocycles. The van der Waals surface area contributed by atoms with Gasteiger partial charge in [0.05, 0.1) is 18.8 Å². The van der Waals surface area contributed by atoms with Gasteiger partial charge in [0.25, 0.3) is 0 Å². The maximum atomic E-state index is 9.97. The summed E-state index contributed by atoms with van der Waals surface area (Å²) in [6.45, 7) is 12.8. The molecule has 1 fully saturated rings. The number of rotatable bonds is 5. The fraction of sp³-hybridized carbons (Fsp3) is 1.00. The molecule has 19 heavy (non-hydrogen) atoms. The first-order valence-corrected chi connectivity index (χ1v) is 7.71. The van der Waals surface area contributed by atoms with Gasteiger partial charge in [-0.25, -0.2) is 0 Å². The number of hydrogen-bond donors (Lipinski definition) is 1. The van der Waals surface area contributed by atoms with Crippen molar-refractivity contribution in [2.24, 2.45) is 11.3 Å². The third kappa shape index (κ3) is 5.41. The highest BCUT2D eigenvalue weighted by molar-refractivity contribution is 4.91. The van der Waals surface area contributed by atoms with E-state index in [1.807, 2.05) is 0 Å². The van der Waals surface area contributed by atoms with E-state index >= 15 is 0 Å². The number of likely N-dealkylation sites (N-methyl/N-ethyl adjacent to an activating group) is 1. The van der Waals surface area contributed by atoms with Crippen molar-refractivity contribution in [1.82, 2.24) is 4.90 Å². The lowest BCUT2D eigenvalue weighted by Crippen LogP contribution is -2.49. The Bertz CT molecular complexity index is 260. The highest BCUT2D eigenvalue weighted by Gasteiger charge is 2.38. The first-order chi connectivity index (χ1) is 8.71. The second-order valence-electron chi connectivity index (χ2n) is 7.41. The van der Waals surface area contributed by atoms with Crippen molar-refractivity contribution in [3.63, 3.8) is 0 Å². The van der Waals surface area contributed by atoms with Crippen molar-refractivity contribution in [1.29, 1.82) is 0 Å². The molecule has 0 saturated heterocycles. The molecule has 3 heteroatoms. The van der Waals surface area contributed by atoms with Gasteiger partial charge in [-0.1, -0.05) is 20.8 Å². The fourth-order valence-electron chi connectivity index (χ4n) is 3.22. The molecule has 0 aromatic rings. The predicted octanol–water partition coefficient (Wildman–Crippen LogP) is 2.92. The zero-order valence-corrected chi connectivity index (χ0v) is 13.6. The van der Waals surface area contributed by atoms with Crippen LogP contribution < -0.4 is 0 Å². The van der Waals surface area contributed by atoms with Gasteiger partial charge < -0.3 is 14.7 Å². The van der Waals surface area contributed by atoms with E-state index < -0.39 is 0 Å². The van der Waals surface area contributed by atoms with Crippen LogP contribution in [0.15, 0.2) is 0 Å². The first kappa shape index (κ1) is 16.9. The monoisotopic (exact) mass is 271 g/mol. The van der Waals surface area contributed by atoms with Gasteiger partial charge in [-0.2, -0.15) is 0 Å². The zero-order chi connectivity index (χ0) is 14.6. The van der Waals surface area contributed by atoms with E-state index in [4.69, 9.17) is 4.74 Å². The zero-order valence-electron chi connectivity index (χ0n) is 13.6. The molecule has 0 bridgehead atoms. The molecule has 0 radical (unpaired) electrons. The largest absolute Gasteiger partial charge is 0.393 e. The standard InChI is InChI=1S/C16H33NO2/c1-12(2)19-10-9-17(6)15-11-13(18)7-8-14(15)16(3,4)5/h12-15,18H,7-11H2,1-6H3. The quantitative estimate of drug-likeness (QED) is 0.834. The molecule has 1 aliphatic rings. The van der Waals surface area contributed by atoms with Gasteiger partial charge >= 0.3 is 0 Å². The van der Waals surface area contributed by atoms with Crippen molar-refractivity contribution in [3.8, 4) is 0 Å². The Hall–Kier alpha value is -0.120. The minimum atomic E-state index is -0.128. The Morgan fingerprint density at radius 1 is 1.26 bits per heavy atom. The van der Waals surface area contributed by atoms with Crippen LogP contribution in [0.4, 0.5) is 0 Å². The highest BCUT2D eigenvalue weighted by Crippen LogP contribution is 2.40. The third-order valence-corrected chi connectivity index (χ3v) is 4.36. The van der Waals surface area contributed by atoms with Crippen LogP contribution in [0.1, 0.15) is 53.9 Å². The summed E-state index contributed by atoms with van der Waals surface area (Å²) < 4.78 is 5.65. The lowest BCUT2D eigenvalue weighted by atomic mass is 9.68. The summed E-state index contributed by atoms with van der Waals surface area (Å²) in [4.78, 5) is 2.39. The van der Waals surface area contributed by atoms with E-state index in [0.29, 0.717) is 23.5 Å². The Labute approximate surface area is 119 Å². The van der Waals surface area contributed by atoms with Crippen molar-refractivity contribution >= 4 is 0 Å². The number of hydrogen-bond acceptors (Lipinski definition) is 3. The SMILES string of the molecule is CC(C)OCCN(C)C1CC(O)CCC1C(C)(C)C. The van der Waals surface area contributed by atoms with Crippen LogP contribution in [0.3, 0.4) is 0 Å². The molecule has 0 aromatic carbocycles. The summed E-state index contributed by atoms with van der Waals surface area (Å²) in [5, 5.41) is 9.97. The Balaban J connectivity index is 2.58. The molecule has 0 aromatic heterocycles. The maximum Gasteiger partial charge on any atom is 0.0596 e. The maximum absolute atomic E-state index is 9.97. The molecular weight excluding hydrogens is 238 g/mol. The Morgan fingerprint density at radius 2 is 1.89 bits per heavy atom. The highest BCUT2D eigenvalue weighted by atomic mass is 16.5. The molecule has 3 nitrogen and oxygen atoms in total. The molecule has 3 atom stereocenters. The van der Waals surface area contributed by atoms with Crippen molar-refractivity contribution in [2.45, 2.75) is 72.1 Å². The predicted molar refractivity (Wildman–Crippen MR) is 80.3 cm³/mol. The normalized spacial score (nSPS) is 29.2. The second kappa shape index (κ2) is 7.05. The molecule has 3 unspecified atom stereocenters. The third-order valence-electron chi connectivity index (χ3n) is 4.36.